The molecule has 0 aromatic carbocycles. The molecule has 1 aliphatic rings. The van der Waals surface area contributed by atoms with E-state index in [4.69, 9.17) is 10.5 Å². The van der Waals surface area contributed by atoms with E-state index in [2.05, 4.69) is 28.8 Å². The van der Waals surface area contributed by atoms with Gasteiger partial charge in [0.25, 0.3) is 0 Å². The Hall–Kier alpha value is -1.23. The van der Waals surface area contributed by atoms with Crippen LogP contribution in [-0.4, -0.2) is 21.6 Å². The molecule has 18 heavy (non-hydrogen) atoms. The van der Waals surface area contributed by atoms with Crippen molar-refractivity contribution in [1.29, 1.82) is 0 Å². The monoisotopic (exact) mass is 250 g/mol. The van der Waals surface area contributed by atoms with Crippen molar-refractivity contribution in [1.82, 2.24) is 15.0 Å². The molecular weight excluding hydrogens is 228 g/mol. The van der Waals surface area contributed by atoms with Crippen LogP contribution in [0.3, 0.4) is 0 Å². The first-order valence-electron chi connectivity index (χ1n) is 6.56. The SMILES string of the molecule is CCOC1(c2ncnc(N)n2)CCC(C)(C)CC1. The highest BCUT2D eigenvalue weighted by atomic mass is 16.5. The summed E-state index contributed by atoms with van der Waals surface area (Å²) in [6.45, 7) is 7.26. The number of nitrogens with zero attached hydrogens (tertiary/aromatic N) is 3. The Morgan fingerprint density at radius 3 is 2.44 bits per heavy atom. The van der Waals surface area contributed by atoms with Gasteiger partial charge in [-0.25, -0.2) is 9.97 Å². The Morgan fingerprint density at radius 2 is 1.89 bits per heavy atom. The van der Waals surface area contributed by atoms with Crippen molar-refractivity contribution in [2.24, 2.45) is 5.41 Å². The molecule has 5 nitrogen and oxygen atoms in total. The van der Waals surface area contributed by atoms with Crippen LogP contribution in [-0.2, 0) is 10.3 Å². The Labute approximate surface area is 108 Å². The summed E-state index contributed by atoms with van der Waals surface area (Å²) in [5, 5.41) is 0. The fraction of sp³-hybridized carbons (Fsp3) is 0.769. The van der Waals surface area contributed by atoms with Crippen molar-refractivity contribution in [3.8, 4) is 0 Å². The van der Waals surface area contributed by atoms with Crippen LogP contribution < -0.4 is 5.73 Å². The van der Waals surface area contributed by atoms with E-state index in [1.807, 2.05) is 6.92 Å². The molecule has 0 saturated heterocycles. The Balaban J connectivity index is 2.28. The molecule has 0 bridgehead atoms. The summed E-state index contributed by atoms with van der Waals surface area (Å²) >= 11 is 0. The van der Waals surface area contributed by atoms with Crippen molar-refractivity contribution in [2.45, 2.75) is 52.1 Å². The first kappa shape index (κ1) is 13.2. The zero-order chi connectivity index (χ0) is 13.2. The van der Waals surface area contributed by atoms with Gasteiger partial charge >= 0.3 is 0 Å². The van der Waals surface area contributed by atoms with E-state index in [1.54, 1.807) is 0 Å². The van der Waals surface area contributed by atoms with Crippen molar-refractivity contribution in [3.05, 3.63) is 12.2 Å². The highest BCUT2D eigenvalue weighted by molar-refractivity contribution is 5.16. The summed E-state index contributed by atoms with van der Waals surface area (Å²) in [6, 6.07) is 0. The molecule has 1 saturated carbocycles. The zero-order valence-corrected chi connectivity index (χ0v) is 11.4. The van der Waals surface area contributed by atoms with Crippen LogP contribution in [0.15, 0.2) is 6.33 Å². The number of nitrogens with two attached hydrogens (primary N) is 1. The third kappa shape index (κ3) is 2.61. The molecule has 0 unspecified atom stereocenters. The molecule has 0 aliphatic heterocycles. The Morgan fingerprint density at radius 1 is 1.22 bits per heavy atom. The van der Waals surface area contributed by atoms with Gasteiger partial charge in [0.15, 0.2) is 5.82 Å². The lowest BCUT2D eigenvalue weighted by Gasteiger charge is -2.42. The highest BCUT2D eigenvalue weighted by Gasteiger charge is 2.42. The van der Waals surface area contributed by atoms with Crippen LogP contribution >= 0.6 is 0 Å². The number of hydrogen-bond acceptors (Lipinski definition) is 5. The third-order valence-electron chi connectivity index (χ3n) is 3.83. The summed E-state index contributed by atoms with van der Waals surface area (Å²) < 4.78 is 6.00. The van der Waals surface area contributed by atoms with Gasteiger partial charge in [0, 0.05) is 6.61 Å². The lowest BCUT2D eigenvalue weighted by molar-refractivity contribution is -0.0948. The normalized spacial score (nSPS) is 21.7. The Bertz CT molecular complexity index is 409. The maximum absolute atomic E-state index is 6.00. The molecule has 1 fully saturated rings. The molecule has 100 valence electrons. The van der Waals surface area contributed by atoms with Gasteiger partial charge in [0.2, 0.25) is 5.95 Å². The van der Waals surface area contributed by atoms with Crippen molar-refractivity contribution >= 4 is 5.95 Å². The first-order chi connectivity index (χ1) is 8.47. The summed E-state index contributed by atoms with van der Waals surface area (Å²) in [7, 11) is 0. The maximum Gasteiger partial charge on any atom is 0.223 e. The third-order valence-corrected chi connectivity index (χ3v) is 3.83. The summed E-state index contributed by atoms with van der Waals surface area (Å²) in [4.78, 5) is 12.4. The van der Waals surface area contributed by atoms with Gasteiger partial charge in [-0.2, -0.15) is 4.98 Å². The number of hydrogen-bond donors (Lipinski definition) is 1. The molecule has 0 atom stereocenters. The summed E-state index contributed by atoms with van der Waals surface area (Å²) in [5.41, 5.74) is 5.66. The van der Waals surface area contributed by atoms with Gasteiger partial charge in [0.05, 0.1) is 0 Å². The highest BCUT2D eigenvalue weighted by Crippen LogP contribution is 2.46. The van der Waals surface area contributed by atoms with Crippen molar-refractivity contribution in [3.63, 3.8) is 0 Å². The van der Waals surface area contributed by atoms with Gasteiger partial charge in [0.1, 0.15) is 11.9 Å². The fourth-order valence-corrected chi connectivity index (χ4v) is 2.57. The molecule has 1 aliphatic carbocycles. The quantitative estimate of drug-likeness (QED) is 0.890. The first-order valence-corrected chi connectivity index (χ1v) is 6.56. The van der Waals surface area contributed by atoms with E-state index in [-0.39, 0.29) is 11.5 Å². The standard InChI is InChI=1S/C13H22N4O/c1-4-18-13(7-5-12(2,3)6-8-13)10-15-9-16-11(14)17-10/h9H,4-8H2,1-3H3,(H2,14,15,16,17). The average Bonchev–Trinajstić information content (AvgIpc) is 2.33. The van der Waals surface area contributed by atoms with E-state index < -0.39 is 0 Å². The van der Waals surface area contributed by atoms with Crippen LogP contribution in [0.4, 0.5) is 5.95 Å². The number of anilines is 1. The van der Waals surface area contributed by atoms with Crippen LogP contribution in [0.1, 0.15) is 52.3 Å². The Kier molecular flexibility index (Phi) is 3.52. The van der Waals surface area contributed by atoms with Gasteiger partial charge in [-0.3, -0.25) is 0 Å². The summed E-state index contributed by atoms with van der Waals surface area (Å²) in [5.74, 6) is 0.955. The van der Waals surface area contributed by atoms with Gasteiger partial charge in [-0.05, 0) is 38.0 Å². The number of ether oxygens (including phenoxy) is 1. The smallest absolute Gasteiger partial charge is 0.223 e. The molecule has 0 amide bonds. The molecule has 5 heteroatoms. The number of nitrogen functional groups attached to an aromatic ring is 1. The molecule has 1 aromatic rings. The summed E-state index contributed by atoms with van der Waals surface area (Å²) in [6.07, 6.45) is 5.57. The minimum Gasteiger partial charge on any atom is -0.368 e. The van der Waals surface area contributed by atoms with Gasteiger partial charge < -0.3 is 10.5 Å². The lowest BCUT2D eigenvalue weighted by atomic mass is 9.70. The maximum atomic E-state index is 6.00. The number of aromatic nitrogens is 3. The van der Waals surface area contributed by atoms with Crippen LogP contribution in [0.2, 0.25) is 0 Å². The minimum atomic E-state index is -0.374. The molecule has 2 rings (SSSR count). The topological polar surface area (TPSA) is 73.9 Å². The second kappa shape index (κ2) is 4.80. The van der Waals surface area contributed by atoms with Gasteiger partial charge in [-0.1, -0.05) is 13.8 Å². The molecule has 0 spiro atoms. The van der Waals surface area contributed by atoms with E-state index in [0.29, 0.717) is 17.8 Å². The van der Waals surface area contributed by atoms with Crippen molar-refractivity contribution < 1.29 is 4.74 Å². The lowest BCUT2D eigenvalue weighted by Crippen LogP contribution is -2.39. The van der Waals surface area contributed by atoms with E-state index in [0.717, 1.165) is 25.7 Å². The predicted octanol–water partition coefficient (Wildman–Crippen LogP) is 2.29. The van der Waals surface area contributed by atoms with E-state index in [9.17, 15) is 0 Å². The van der Waals surface area contributed by atoms with E-state index >= 15 is 0 Å². The molecular formula is C13H22N4O. The predicted molar refractivity (Wildman–Crippen MR) is 69.8 cm³/mol. The molecule has 1 aromatic heterocycles. The largest absolute Gasteiger partial charge is 0.368 e. The molecule has 1 heterocycles. The molecule has 2 N–H and O–H groups in total. The van der Waals surface area contributed by atoms with Crippen LogP contribution in [0.5, 0.6) is 0 Å². The average molecular weight is 250 g/mol. The van der Waals surface area contributed by atoms with Crippen LogP contribution in [0.25, 0.3) is 0 Å². The van der Waals surface area contributed by atoms with Gasteiger partial charge in [-0.15, -0.1) is 0 Å². The van der Waals surface area contributed by atoms with E-state index in [1.165, 1.54) is 6.33 Å². The minimum absolute atomic E-state index is 0.268. The number of rotatable bonds is 3. The van der Waals surface area contributed by atoms with Crippen LogP contribution in [0, 0.1) is 5.41 Å². The van der Waals surface area contributed by atoms with Crippen molar-refractivity contribution in [2.75, 3.05) is 12.3 Å². The second-order valence-electron chi connectivity index (χ2n) is 5.76. The zero-order valence-electron chi connectivity index (χ0n) is 11.4. The fourth-order valence-electron chi connectivity index (χ4n) is 2.57. The molecule has 0 radical (unpaired) electrons. The second-order valence-corrected chi connectivity index (χ2v) is 5.76.